The largest absolute Gasteiger partial charge is 0.285 e. The first-order valence-corrected chi connectivity index (χ1v) is 6.52. The first-order chi connectivity index (χ1) is 7.44. The van der Waals surface area contributed by atoms with Gasteiger partial charge >= 0.3 is 0 Å². The van der Waals surface area contributed by atoms with Crippen molar-refractivity contribution in [1.29, 1.82) is 0 Å². The molecule has 0 aliphatic rings. The second kappa shape index (κ2) is 5.51. The summed E-state index contributed by atoms with van der Waals surface area (Å²) in [6, 6.07) is 5.51. The number of non-ortho nitro benzene ring substituents is 1. The van der Waals surface area contributed by atoms with Gasteiger partial charge in [0, 0.05) is 23.3 Å². The van der Waals surface area contributed by atoms with E-state index in [0.29, 0.717) is 5.56 Å². The summed E-state index contributed by atoms with van der Waals surface area (Å²) in [6.07, 6.45) is 0. The Kier molecular flexibility index (Phi) is 4.56. The van der Waals surface area contributed by atoms with Crippen molar-refractivity contribution in [2.75, 3.05) is 0 Å². The van der Waals surface area contributed by atoms with Crippen molar-refractivity contribution >= 4 is 37.8 Å². The number of rotatable bonds is 5. The minimum absolute atomic E-state index is 0.0450. The molecule has 0 bridgehead atoms. The van der Waals surface area contributed by atoms with E-state index in [9.17, 15) is 14.3 Å². The van der Waals surface area contributed by atoms with Gasteiger partial charge in [0.2, 0.25) is 0 Å². The molecule has 0 aliphatic heterocycles. The molecule has 0 heterocycles. The standard InChI is InChI=1S/C7H6ClNO5S2/c8-14-16(12,15)13-5-6-1-3-7(4-2-6)9(10)11/h1-4H,5H2. The third-order valence-corrected chi connectivity index (χ3v) is 3.37. The SMILES string of the molecule is O=[N+]([O-])c1ccc(COS(=O)(=S)OCl)cc1. The number of nitro benzene ring substituents is 1. The number of benzene rings is 1. The maximum Gasteiger partial charge on any atom is 0.285 e. The van der Waals surface area contributed by atoms with Crippen LogP contribution in [0, 0.1) is 10.1 Å². The normalized spacial score (nSPS) is 14.3. The smallest absolute Gasteiger partial charge is 0.264 e. The Bertz CT molecular complexity index is 472. The van der Waals surface area contributed by atoms with Crippen molar-refractivity contribution in [3.63, 3.8) is 0 Å². The highest BCUT2D eigenvalue weighted by Gasteiger charge is 2.08. The van der Waals surface area contributed by atoms with Crippen LogP contribution in [-0.4, -0.2) is 9.13 Å². The number of nitro groups is 1. The lowest BCUT2D eigenvalue weighted by Crippen LogP contribution is -2.03. The summed E-state index contributed by atoms with van der Waals surface area (Å²) in [5.74, 6) is 0. The molecule has 9 heteroatoms. The van der Waals surface area contributed by atoms with E-state index in [2.05, 4.69) is 19.1 Å². The van der Waals surface area contributed by atoms with Crippen molar-refractivity contribution in [3.8, 4) is 0 Å². The van der Waals surface area contributed by atoms with E-state index in [-0.39, 0.29) is 12.3 Å². The van der Waals surface area contributed by atoms with Gasteiger partial charge in [0.05, 0.1) is 23.4 Å². The van der Waals surface area contributed by atoms with Crippen LogP contribution in [0.4, 0.5) is 5.69 Å². The van der Waals surface area contributed by atoms with Crippen LogP contribution < -0.4 is 0 Å². The summed E-state index contributed by atoms with van der Waals surface area (Å²) in [6.45, 7) is -0.104. The zero-order valence-corrected chi connectivity index (χ0v) is 10.1. The molecule has 1 aromatic carbocycles. The molecule has 1 atom stereocenters. The second-order valence-corrected chi connectivity index (χ2v) is 5.44. The number of hydrogen-bond acceptors (Lipinski definition) is 6. The van der Waals surface area contributed by atoms with Crippen molar-refractivity contribution < 1.29 is 17.1 Å². The Morgan fingerprint density at radius 1 is 1.44 bits per heavy atom. The summed E-state index contributed by atoms with van der Waals surface area (Å²) in [5.41, 5.74) is 0.522. The predicted octanol–water partition coefficient (Wildman–Crippen LogP) is 1.86. The van der Waals surface area contributed by atoms with E-state index in [4.69, 9.17) is 11.9 Å². The molecular formula is C7H6ClNO5S2. The fourth-order valence-corrected chi connectivity index (χ4v) is 1.44. The van der Waals surface area contributed by atoms with Crippen LogP contribution in [0.5, 0.6) is 0 Å². The molecule has 0 aromatic heterocycles. The van der Waals surface area contributed by atoms with Crippen LogP contribution in [0.2, 0.25) is 0 Å². The molecule has 0 spiro atoms. The minimum atomic E-state index is -3.38. The number of hydrogen-bond donors (Lipinski definition) is 0. The topological polar surface area (TPSA) is 78.7 Å². The van der Waals surface area contributed by atoms with Gasteiger partial charge in [-0.05, 0) is 17.7 Å². The Balaban J connectivity index is 2.66. The summed E-state index contributed by atoms with van der Waals surface area (Å²) in [7, 11) is -3.38. The zero-order chi connectivity index (χ0) is 12.2. The van der Waals surface area contributed by atoms with Gasteiger partial charge in [-0.25, -0.2) is 0 Å². The van der Waals surface area contributed by atoms with Crippen molar-refractivity contribution in [1.82, 2.24) is 0 Å². The molecule has 0 amide bonds. The first kappa shape index (κ1) is 13.3. The maximum atomic E-state index is 11.0. The molecule has 1 unspecified atom stereocenters. The molecule has 0 fully saturated rings. The molecule has 0 saturated heterocycles. The summed E-state index contributed by atoms with van der Waals surface area (Å²) in [4.78, 5) is 9.82. The van der Waals surface area contributed by atoms with Crippen LogP contribution in [0.3, 0.4) is 0 Å². The summed E-state index contributed by atoms with van der Waals surface area (Å²) in [5, 5.41) is 10.3. The highest BCUT2D eigenvalue weighted by molar-refractivity contribution is 8.27. The predicted molar refractivity (Wildman–Crippen MR) is 60.3 cm³/mol. The van der Waals surface area contributed by atoms with Crippen molar-refractivity contribution in [3.05, 3.63) is 39.9 Å². The fraction of sp³-hybridized carbons (Fsp3) is 0.143. The molecule has 1 rings (SSSR count). The van der Waals surface area contributed by atoms with Gasteiger partial charge < -0.3 is 0 Å². The van der Waals surface area contributed by atoms with Gasteiger partial charge in [0.15, 0.2) is 0 Å². The zero-order valence-electron chi connectivity index (χ0n) is 7.70. The molecule has 6 nitrogen and oxygen atoms in total. The molecule has 0 aliphatic carbocycles. The van der Waals surface area contributed by atoms with Crippen molar-refractivity contribution in [2.45, 2.75) is 6.61 Å². The summed E-state index contributed by atoms with van der Waals surface area (Å²) < 4.78 is 19.6. The lowest BCUT2D eigenvalue weighted by molar-refractivity contribution is -0.384. The van der Waals surface area contributed by atoms with Crippen LogP contribution in [0.25, 0.3) is 0 Å². The fourth-order valence-electron chi connectivity index (χ4n) is 0.872. The lowest BCUT2D eigenvalue weighted by atomic mass is 10.2. The van der Waals surface area contributed by atoms with Crippen LogP contribution in [0.15, 0.2) is 24.3 Å². The van der Waals surface area contributed by atoms with Gasteiger partial charge in [0.1, 0.15) is 0 Å². The molecule has 0 radical (unpaired) electrons. The Morgan fingerprint density at radius 2 is 2.00 bits per heavy atom. The average Bonchev–Trinajstić information content (AvgIpc) is 2.27. The highest BCUT2D eigenvalue weighted by Crippen LogP contribution is 2.13. The van der Waals surface area contributed by atoms with E-state index < -0.39 is 14.0 Å². The Morgan fingerprint density at radius 3 is 2.44 bits per heavy atom. The second-order valence-electron chi connectivity index (χ2n) is 2.66. The molecule has 0 N–H and O–H groups in total. The molecule has 88 valence electrons. The van der Waals surface area contributed by atoms with Gasteiger partial charge in [-0.15, -0.1) is 0 Å². The van der Waals surface area contributed by atoms with E-state index in [1.54, 1.807) is 0 Å². The van der Waals surface area contributed by atoms with Gasteiger partial charge in [-0.1, -0.05) is 0 Å². The van der Waals surface area contributed by atoms with Crippen LogP contribution in [0.1, 0.15) is 5.56 Å². The maximum absolute atomic E-state index is 11.0. The van der Waals surface area contributed by atoms with Crippen LogP contribution in [-0.2, 0) is 34.8 Å². The molecule has 0 saturated carbocycles. The first-order valence-electron chi connectivity index (χ1n) is 3.87. The Hall–Kier alpha value is -0.800. The van der Waals surface area contributed by atoms with Crippen molar-refractivity contribution in [2.24, 2.45) is 0 Å². The molecular weight excluding hydrogens is 278 g/mol. The average molecular weight is 284 g/mol. The van der Waals surface area contributed by atoms with Gasteiger partial charge in [0.25, 0.3) is 14.7 Å². The third-order valence-electron chi connectivity index (χ3n) is 1.59. The Labute approximate surface area is 102 Å². The van der Waals surface area contributed by atoms with E-state index in [1.165, 1.54) is 24.3 Å². The van der Waals surface area contributed by atoms with E-state index >= 15 is 0 Å². The summed E-state index contributed by atoms with van der Waals surface area (Å²) >= 11 is 9.19. The van der Waals surface area contributed by atoms with E-state index in [0.717, 1.165) is 0 Å². The quantitative estimate of drug-likeness (QED) is 0.606. The molecule has 1 aromatic rings. The van der Waals surface area contributed by atoms with Crippen LogP contribution >= 0.6 is 11.9 Å². The van der Waals surface area contributed by atoms with E-state index in [1.807, 2.05) is 0 Å². The number of nitrogens with zero attached hydrogens (tertiary/aromatic N) is 1. The monoisotopic (exact) mass is 283 g/mol. The highest BCUT2D eigenvalue weighted by atomic mass is 35.5. The number of halogens is 1. The van der Waals surface area contributed by atoms with Gasteiger partial charge in [-0.2, -0.15) is 7.94 Å². The lowest BCUT2D eigenvalue weighted by Gasteiger charge is -2.03. The molecule has 16 heavy (non-hydrogen) atoms. The van der Waals surface area contributed by atoms with Gasteiger partial charge in [-0.3, -0.25) is 14.3 Å². The third kappa shape index (κ3) is 3.99. The minimum Gasteiger partial charge on any atom is -0.264 e.